The van der Waals surface area contributed by atoms with Crippen LogP contribution in [0.4, 0.5) is 0 Å². The minimum Gasteiger partial charge on any atom is -0.390 e. The third-order valence-corrected chi connectivity index (χ3v) is 5.14. The number of fused-ring (bicyclic) bond motifs is 1. The molecule has 0 radical (unpaired) electrons. The lowest BCUT2D eigenvalue weighted by Gasteiger charge is -2.36. The molecule has 4 heterocycles. The Kier molecular flexibility index (Phi) is 4.67. The minimum atomic E-state index is -0.639. The van der Waals surface area contributed by atoms with Crippen LogP contribution in [0.25, 0.3) is 5.65 Å². The molecule has 3 aromatic rings. The summed E-state index contributed by atoms with van der Waals surface area (Å²) in [7, 11) is 0. The Labute approximate surface area is 156 Å². The number of hydrogen-bond acceptors (Lipinski definition) is 6. The van der Waals surface area contributed by atoms with E-state index in [0.29, 0.717) is 25.2 Å². The Morgan fingerprint density at radius 1 is 1.41 bits per heavy atom. The lowest BCUT2D eigenvalue weighted by atomic mass is 10.0. The molecule has 1 aliphatic rings. The van der Waals surface area contributed by atoms with E-state index < -0.39 is 6.10 Å². The molecule has 8 nitrogen and oxygen atoms in total. The average Bonchev–Trinajstić information content (AvgIpc) is 3.22. The molecule has 2 atom stereocenters. The number of aliphatic hydroxyl groups is 1. The first-order valence-electron chi connectivity index (χ1n) is 9.08. The number of carbonyl (C=O) groups excluding carboxylic acids is 1. The van der Waals surface area contributed by atoms with Crippen LogP contribution in [0.5, 0.6) is 0 Å². The minimum absolute atomic E-state index is 0.262. The van der Waals surface area contributed by atoms with Crippen molar-refractivity contribution in [1.29, 1.82) is 0 Å². The molecule has 0 aliphatic carbocycles. The summed E-state index contributed by atoms with van der Waals surface area (Å²) in [5.41, 5.74) is 3.02. The molecule has 0 aromatic carbocycles. The molecule has 4 rings (SSSR count). The van der Waals surface area contributed by atoms with E-state index in [9.17, 15) is 9.90 Å². The van der Waals surface area contributed by atoms with Crippen molar-refractivity contribution >= 4 is 11.6 Å². The second-order valence-electron chi connectivity index (χ2n) is 7.07. The fourth-order valence-electron chi connectivity index (χ4n) is 3.55. The van der Waals surface area contributed by atoms with E-state index in [-0.39, 0.29) is 11.9 Å². The van der Waals surface area contributed by atoms with Crippen molar-refractivity contribution in [3.05, 3.63) is 53.3 Å². The second-order valence-corrected chi connectivity index (χ2v) is 7.07. The highest BCUT2D eigenvalue weighted by molar-refractivity contribution is 5.93. The van der Waals surface area contributed by atoms with Gasteiger partial charge in [-0.05, 0) is 32.4 Å². The molecule has 1 amide bonds. The molecule has 1 aliphatic heterocycles. The Balaban J connectivity index is 1.37. The fraction of sp³-hybridized carbons (Fsp3) is 0.421. The zero-order valence-corrected chi connectivity index (χ0v) is 15.4. The van der Waals surface area contributed by atoms with Crippen LogP contribution in [0.1, 0.15) is 33.9 Å². The van der Waals surface area contributed by atoms with Gasteiger partial charge >= 0.3 is 0 Å². The van der Waals surface area contributed by atoms with Crippen molar-refractivity contribution in [3.8, 4) is 0 Å². The Hall–Kier alpha value is -2.71. The van der Waals surface area contributed by atoms with E-state index in [1.807, 2.05) is 38.2 Å². The van der Waals surface area contributed by atoms with Gasteiger partial charge in [0.25, 0.3) is 5.91 Å². The van der Waals surface area contributed by atoms with Gasteiger partial charge in [0.15, 0.2) is 0 Å². The molecule has 8 heteroatoms. The molecule has 0 bridgehead atoms. The van der Waals surface area contributed by atoms with Gasteiger partial charge < -0.3 is 19.3 Å². The van der Waals surface area contributed by atoms with Gasteiger partial charge in [0, 0.05) is 37.6 Å². The number of likely N-dealkylation sites (tertiary alicyclic amines) is 1. The third-order valence-electron chi connectivity index (χ3n) is 5.14. The van der Waals surface area contributed by atoms with Crippen molar-refractivity contribution in [3.63, 3.8) is 0 Å². The van der Waals surface area contributed by atoms with E-state index in [2.05, 4.69) is 20.4 Å². The van der Waals surface area contributed by atoms with Crippen molar-refractivity contribution in [2.75, 3.05) is 13.1 Å². The summed E-state index contributed by atoms with van der Waals surface area (Å²) < 4.78 is 7.01. The summed E-state index contributed by atoms with van der Waals surface area (Å²) in [5, 5.41) is 17.4. The summed E-state index contributed by atoms with van der Waals surface area (Å²) in [6.45, 7) is 5.76. The lowest BCUT2D eigenvalue weighted by Crippen LogP contribution is -2.53. The number of β-amino-alcohol motifs (C(OH)–C–C–N with tert-alkyl or cyclic N) is 1. The number of carbonyl (C=O) groups is 1. The number of nitrogens with zero attached hydrogens (tertiary/aromatic N) is 4. The highest BCUT2D eigenvalue weighted by Gasteiger charge is 2.30. The number of pyridine rings is 1. The average molecular weight is 369 g/mol. The molecule has 1 fully saturated rings. The molecular weight excluding hydrogens is 346 g/mol. The Morgan fingerprint density at radius 2 is 2.26 bits per heavy atom. The molecular formula is C19H23N5O3. The predicted octanol–water partition coefficient (Wildman–Crippen LogP) is 1.30. The summed E-state index contributed by atoms with van der Waals surface area (Å²) in [5.74, 6) is 0.547. The van der Waals surface area contributed by atoms with Crippen LogP contribution in [0.15, 0.2) is 35.1 Å². The van der Waals surface area contributed by atoms with E-state index in [4.69, 9.17) is 4.52 Å². The number of rotatable bonds is 4. The molecule has 0 unspecified atom stereocenters. The number of amides is 1. The molecule has 3 aromatic heterocycles. The maximum absolute atomic E-state index is 12.5. The van der Waals surface area contributed by atoms with Gasteiger partial charge in [0.05, 0.1) is 17.8 Å². The molecule has 0 spiro atoms. The van der Waals surface area contributed by atoms with Gasteiger partial charge in [-0.3, -0.25) is 9.69 Å². The van der Waals surface area contributed by atoms with Crippen molar-refractivity contribution < 1.29 is 14.4 Å². The van der Waals surface area contributed by atoms with Crippen LogP contribution in [0.3, 0.4) is 0 Å². The quantitative estimate of drug-likeness (QED) is 0.720. The smallest absolute Gasteiger partial charge is 0.271 e. The van der Waals surface area contributed by atoms with Gasteiger partial charge in [0.2, 0.25) is 0 Å². The third kappa shape index (κ3) is 3.58. The van der Waals surface area contributed by atoms with Crippen LogP contribution < -0.4 is 5.32 Å². The van der Waals surface area contributed by atoms with Gasteiger partial charge in [-0.15, -0.1) is 0 Å². The first kappa shape index (κ1) is 17.7. The number of piperidine rings is 1. The topological polar surface area (TPSA) is 95.9 Å². The highest BCUT2D eigenvalue weighted by Crippen LogP contribution is 2.19. The SMILES string of the molecule is Cc1noc(C)c1CN1CC[C@@H](NC(=O)c2cn3ccccc3n2)[C@H](O)C1. The monoisotopic (exact) mass is 369 g/mol. The number of aryl methyl sites for hydroxylation is 2. The maximum atomic E-state index is 12.5. The summed E-state index contributed by atoms with van der Waals surface area (Å²) in [6.07, 6.45) is 3.58. The summed E-state index contributed by atoms with van der Waals surface area (Å²) in [4.78, 5) is 19.0. The van der Waals surface area contributed by atoms with Gasteiger partial charge in [-0.1, -0.05) is 11.2 Å². The lowest BCUT2D eigenvalue weighted by molar-refractivity contribution is 0.0346. The molecule has 142 valence electrons. The normalized spacial score (nSPS) is 20.9. The van der Waals surface area contributed by atoms with Crippen LogP contribution in [-0.4, -0.2) is 55.7 Å². The first-order chi connectivity index (χ1) is 13.0. The van der Waals surface area contributed by atoms with Gasteiger partial charge in [-0.2, -0.15) is 0 Å². The molecule has 2 N–H and O–H groups in total. The first-order valence-corrected chi connectivity index (χ1v) is 9.08. The second kappa shape index (κ2) is 7.13. The van der Waals surface area contributed by atoms with Crippen molar-refractivity contribution in [2.24, 2.45) is 0 Å². The maximum Gasteiger partial charge on any atom is 0.271 e. The highest BCUT2D eigenvalue weighted by atomic mass is 16.5. The predicted molar refractivity (Wildman–Crippen MR) is 98.3 cm³/mol. The Morgan fingerprint density at radius 3 is 2.96 bits per heavy atom. The summed E-state index contributed by atoms with van der Waals surface area (Å²) in [6, 6.07) is 5.32. The van der Waals surface area contributed by atoms with E-state index in [1.54, 1.807) is 10.6 Å². The largest absolute Gasteiger partial charge is 0.390 e. The summed E-state index contributed by atoms with van der Waals surface area (Å²) >= 11 is 0. The van der Waals surface area contributed by atoms with E-state index >= 15 is 0 Å². The standard InChI is InChI=1S/C19H23N5O3/c1-12-14(13(2)27-22-12)9-23-8-6-15(17(25)11-23)21-19(26)16-10-24-7-4-3-5-18(24)20-16/h3-5,7,10,15,17,25H,6,8-9,11H2,1-2H3,(H,21,26)/t15-,17-/m1/s1. The Bertz CT molecular complexity index is 911. The zero-order valence-electron chi connectivity index (χ0n) is 15.4. The molecule has 1 saturated heterocycles. The van der Waals surface area contributed by atoms with Crippen LogP contribution in [0, 0.1) is 13.8 Å². The van der Waals surface area contributed by atoms with Crippen LogP contribution in [0.2, 0.25) is 0 Å². The van der Waals surface area contributed by atoms with Crippen molar-refractivity contribution in [1.82, 2.24) is 24.8 Å². The molecule has 0 saturated carbocycles. The van der Waals surface area contributed by atoms with Crippen LogP contribution >= 0.6 is 0 Å². The molecule has 27 heavy (non-hydrogen) atoms. The number of nitrogens with one attached hydrogen (secondary N) is 1. The van der Waals surface area contributed by atoms with Gasteiger partial charge in [0.1, 0.15) is 17.1 Å². The number of aromatic nitrogens is 3. The van der Waals surface area contributed by atoms with E-state index in [0.717, 1.165) is 29.2 Å². The van der Waals surface area contributed by atoms with Crippen molar-refractivity contribution in [2.45, 2.75) is 39.0 Å². The fourth-order valence-corrected chi connectivity index (χ4v) is 3.55. The number of imidazole rings is 1. The zero-order chi connectivity index (χ0) is 19.0. The number of hydrogen-bond donors (Lipinski definition) is 2. The number of aliphatic hydroxyl groups excluding tert-OH is 1. The van der Waals surface area contributed by atoms with E-state index in [1.165, 1.54) is 0 Å². The van der Waals surface area contributed by atoms with Gasteiger partial charge in [-0.25, -0.2) is 4.98 Å². The van der Waals surface area contributed by atoms with Crippen LogP contribution in [-0.2, 0) is 6.54 Å².